The topological polar surface area (TPSA) is 78.3 Å². The number of amides is 1. The third-order valence-electron chi connectivity index (χ3n) is 5.34. The van der Waals surface area contributed by atoms with Gasteiger partial charge in [-0.05, 0) is 38.0 Å². The van der Waals surface area contributed by atoms with E-state index >= 15 is 0 Å². The summed E-state index contributed by atoms with van der Waals surface area (Å²) in [5.74, 6) is 2.72. The molecule has 7 nitrogen and oxygen atoms in total. The molecule has 2 heterocycles. The largest absolute Gasteiger partial charge is 0.490 e. The standard InChI is InChI=1S/C21H28N4O3S/c1-2-25-20(15-9-10-17-18(13-15)28-12-6-11-27-17)23-24-21(25)29-14-19(26)22-16-7-4-3-5-8-16/h9-10,13,16H,2-8,11-12,14H2,1H3,(H,22,26). The lowest BCUT2D eigenvalue weighted by atomic mass is 9.95. The Labute approximate surface area is 175 Å². The molecule has 1 aromatic heterocycles. The van der Waals surface area contributed by atoms with Gasteiger partial charge < -0.3 is 19.4 Å². The van der Waals surface area contributed by atoms with Crippen LogP contribution in [0.1, 0.15) is 45.4 Å². The van der Waals surface area contributed by atoms with E-state index in [1.165, 1.54) is 31.0 Å². The average molecular weight is 417 g/mol. The molecular formula is C21H28N4O3S. The molecule has 1 aromatic carbocycles. The molecule has 2 aromatic rings. The second-order valence-corrected chi connectivity index (χ2v) is 8.40. The van der Waals surface area contributed by atoms with Crippen LogP contribution in [0.4, 0.5) is 0 Å². The maximum absolute atomic E-state index is 12.3. The Kier molecular flexibility index (Phi) is 6.59. The highest BCUT2D eigenvalue weighted by Crippen LogP contribution is 2.34. The van der Waals surface area contributed by atoms with Crippen molar-refractivity contribution in [2.24, 2.45) is 0 Å². The van der Waals surface area contributed by atoms with Crippen molar-refractivity contribution in [3.8, 4) is 22.9 Å². The number of thioether (sulfide) groups is 1. The first-order valence-corrected chi connectivity index (χ1v) is 11.5. The SMILES string of the molecule is CCn1c(SCC(=O)NC2CCCCC2)nnc1-c1ccc2c(c1)OCCCO2. The average Bonchev–Trinajstić information content (AvgIpc) is 3.01. The summed E-state index contributed by atoms with van der Waals surface area (Å²) in [7, 11) is 0. The molecule has 1 aliphatic heterocycles. The number of ether oxygens (including phenoxy) is 2. The van der Waals surface area contributed by atoms with Crippen LogP contribution in [-0.4, -0.2) is 45.7 Å². The van der Waals surface area contributed by atoms with Gasteiger partial charge in [-0.3, -0.25) is 4.79 Å². The first-order chi connectivity index (χ1) is 14.2. The van der Waals surface area contributed by atoms with Gasteiger partial charge in [-0.2, -0.15) is 0 Å². The van der Waals surface area contributed by atoms with Crippen LogP contribution < -0.4 is 14.8 Å². The van der Waals surface area contributed by atoms with Gasteiger partial charge in [0.2, 0.25) is 5.91 Å². The van der Waals surface area contributed by atoms with Crippen molar-refractivity contribution in [1.82, 2.24) is 20.1 Å². The first-order valence-electron chi connectivity index (χ1n) is 10.5. The fraction of sp³-hybridized carbons (Fsp3) is 0.571. The van der Waals surface area contributed by atoms with Crippen LogP contribution in [0.15, 0.2) is 23.4 Å². The lowest BCUT2D eigenvalue weighted by Crippen LogP contribution is -2.37. The molecule has 1 fully saturated rings. The number of benzene rings is 1. The van der Waals surface area contributed by atoms with Crippen molar-refractivity contribution in [2.45, 2.75) is 63.2 Å². The van der Waals surface area contributed by atoms with E-state index in [9.17, 15) is 4.79 Å². The Morgan fingerprint density at radius 1 is 1.14 bits per heavy atom. The molecule has 1 aliphatic carbocycles. The highest BCUT2D eigenvalue weighted by Gasteiger charge is 2.19. The lowest BCUT2D eigenvalue weighted by Gasteiger charge is -2.22. The van der Waals surface area contributed by atoms with Gasteiger partial charge in [0, 0.05) is 24.6 Å². The molecule has 0 atom stereocenters. The van der Waals surface area contributed by atoms with E-state index in [-0.39, 0.29) is 5.91 Å². The number of nitrogens with one attached hydrogen (secondary N) is 1. The lowest BCUT2D eigenvalue weighted by molar-refractivity contribution is -0.119. The van der Waals surface area contributed by atoms with E-state index in [4.69, 9.17) is 9.47 Å². The minimum Gasteiger partial charge on any atom is -0.490 e. The van der Waals surface area contributed by atoms with Gasteiger partial charge in [0.15, 0.2) is 22.5 Å². The van der Waals surface area contributed by atoms with Crippen molar-refractivity contribution in [2.75, 3.05) is 19.0 Å². The van der Waals surface area contributed by atoms with Gasteiger partial charge in [-0.15, -0.1) is 10.2 Å². The molecule has 0 spiro atoms. The van der Waals surface area contributed by atoms with Gasteiger partial charge in [0.1, 0.15) is 0 Å². The van der Waals surface area contributed by atoms with Gasteiger partial charge in [0.05, 0.1) is 19.0 Å². The smallest absolute Gasteiger partial charge is 0.230 e. The Bertz CT molecular complexity index is 848. The number of aromatic nitrogens is 3. The maximum Gasteiger partial charge on any atom is 0.230 e. The van der Waals surface area contributed by atoms with Crippen LogP contribution in [-0.2, 0) is 11.3 Å². The Balaban J connectivity index is 1.44. The normalized spacial score (nSPS) is 17.0. The number of nitrogens with zero attached hydrogens (tertiary/aromatic N) is 3. The van der Waals surface area contributed by atoms with Crippen LogP contribution in [0.25, 0.3) is 11.4 Å². The van der Waals surface area contributed by atoms with Crippen LogP contribution in [0.3, 0.4) is 0 Å². The molecule has 156 valence electrons. The molecule has 0 radical (unpaired) electrons. The number of hydrogen-bond donors (Lipinski definition) is 1. The summed E-state index contributed by atoms with van der Waals surface area (Å²) in [5.41, 5.74) is 0.933. The quantitative estimate of drug-likeness (QED) is 0.724. The summed E-state index contributed by atoms with van der Waals surface area (Å²) in [4.78, 5) is 12.3. The molecule has 1 amide bonds. The molecule has 29 heavy (non-hydrogen) atoms. The van der Waals surface area contributed by atoms with E-state index in [2.05, 4.69) is 22.4 Å². The maximum atomic E-state index is 12.3. The third-order valence-corrected chi connectivity index (χ3v) is 6.31. The number of carbonyl (C=O) groups is 1. The molecule has 0 saturated heterocycles. The molecule has 0 bridgehead atoms. The summed E-state index contributed by atoms with van der Waals surface area (Å²) >= 11 is 1.44. The van der Waals surface area contributed by atoms with E-state index in [1.807, 2.05) is 22.8 Å². The van der Waals surface area contributed by atoms with E-state index in [1.54, 1.807) is 0 Å². The number of rotatable bonds is 6. The predicted octanol–water partition coefficient (Wildman–Crippen LogP) is 3.67. The molecule has 2 aliphatic rings. The van der Waals surface area contributed by atoms with Crippen molar-refractivity contribution in [3.05, 3.63) is 18.2 Å². The van der Waals surface area contributed by atoms with E-state index < -0.39 is 0 Å². The fourth-order valence-electron chi connectivity index (χ4n) is 3.84. The second kappa shape index (κ2) is 9.52. The van der Waals surface area contributed by atoms with Gasteiger partial charge in [-0.1, -0.05) is 31.0 Å². The molecule has 0 unspecified atom stereocenters. The number of fused-ring (bicyclic) bond motifs is 1. The molecule has 4 rings (SSSR count). The minimum absolute atomic E-state index is 0.0738. The third kappa shape index (κ3) is 4.86. The second-order valence-electron chi connectivity index (χ2n) is 7.45. The van der Waals surface area contributed by atoms with Crippen molar-refractivity contribution in [1.29, 1.82) is 0 Å². The van der Waals surface area contributed by atoms with Crippen molar-refractivity contribution >= 4 is 17.7 Å². The zero-order chi connectivity index (χ0) is 20.1. The summed E-state index contributed by atoms with van der Waals surface area (Å²) in [5, 5.41) is 12.6. The Morgan fingerprint density at radius 3 is 2.72 bits per heavy atom. The van der Waals surface area contributed by atoms with Crippen LogP contribution in [0.2, 0.25) is 0 Å². The van der Waals surface area contributed by atoms with E-state index in [0.717, 1.165) is 53.9 Å². The fourth-order valence-corrected chi connectivity index (χ4v) is 4.66. The monoisotopic (exact) mass is 416 g/mol. The van der Waals surface area contributed by atoms with Gasteiger partial charge in [0.25, 0.3) is 0 Å². The van der Waals surface area contributed by atoms with Crippen LogP contribution in [0.5, 0.6) is 11.5 Å². The summed E-state index contributed by atoms with van der Waals surface area (Å²) in [6, 6.07) is 6.20. The predicted molar refractivity (Wildman–Crippen MR) is 112 cm³/mol. The minimum atomic E-state index is 0.0738. The Hall–Kier alpha value is -2.22. The van der Waals surface area contributed by atoms with Gasteiger partial charge in [-0.25, -0.2) is 0 Å². The van der Waals surface area contributed by atoms with Crippen LogP contribution >= 0.6 is 11.8 Å². The van der Waals surface area contributed by atoms with E-state index in [0.29, 0.717) is 25.0 Å². The first kappa shape index (κ1) is 20.1. The summed E-state index contributed by atoms with van der Waals surface area (Å²) in [6.07, 6.45) is 6.76. The molecule has 8 heteroatoms. The zero-order valence-corrected chi connectivity index (χ0v) is 17.7. The summed E-state index contributed by atoms with van der Waals surface area (Å²) < 4.78 is 13.6. The number of hydrogen-bond acceptors (Lipinski definition) is 6. The highest BCUT2D eigenvalue weighted by atomic mass is 32.2. The molecule has 1 N–H and O–H groups in total. The zero-order valence-electron chi connectivity index (χ0n) is 16.9. The van der Waals surface area contributed by atoms with Gasteiger partial charge >= 0.3 is 0 Å². The number of carbonyl (C=O) groups excluding carboxylic acids is 1. The van der Waals surface area contributed by atoms with Crippen molar-refractivity contribution < 1.29 is 14.3 Å². The van der Waals surface area contributed by atoms with Crippen molar-refractivity contribution in [3.63, 3.8) is 0 Å². The highest BCUT2D eigenvalue weighted by molar-refractivity contribution is 7.99. The summed E-state index contributed by atoms with van der Waals surface area (Å²) in [6.45, 7) is 4.10. The van der Waals surface area contributed by atoms with Crippen LogP contribution in [0, 0.1) is 0 Å². The Morgan fingerprint density at radius 2 is 1.93 bits per heavy atom. The molecular weight excluding hydrogens is 388 g/mol. The molecule has 1 saturated carbocycles.